The Bertz CT molecular complexity index is 358. The molecule has 0 saturated heterocycles. The van der Waals surface area contributed by atoms with Gasteiger partial charge in [0.25, 0.3) is 0 Å². The molecule has 1 aliphatic carbocycles. The predicted molar refractivity (Wildman–Crippen MR) is 65.4 cm³/mol. The minimum Gasteiger partial charge on any atom is -0.127 e. The molecule has 0 aromatic rings. The van der Waals surface area contributed by atoms with Crippen LogP contribution in [0, 0.1) is 23.3 Å². The first-order valence-electron chi connectivity index (χ1n) is 5.21. The lowest BCUT2D eigenvalue weighted by Gasteiger charge is -2.03. The van der Waals surface area contributed by atoms with E-state index in [1.807, 2.05) is 6.92 Å². The van der Waals surface area contributed by atoms with Gasteiger partial charge in [0.15, 0.2) is 0 Å². The first-order valence-corrected chi connectivity index (χ1v) is 8.71. The molecule has 0 aromatic heterocycles. The average Bonchev–Trinajstić information content (AvgIpc) is 2.48. The highest BCUT2D eigenvalue weighted by atomic mass is 28.3. The van der Waals surface area contributed by atoms with Crippen molar-refractivity contribution in [1.29, 1.82) is 0 Å². The maximum absolute atomic E-state index is 3.42. The van der Waals surface area contributed by atoms with E-state index in [0.29, 0.717) is 0 Å². The van der Waals surface area contributed by atoms with Gasteiger partial charge in [0.05, 0.1) is 0 Å². The molecule has 0 nitrogen and oxygen atoms in total. The molecular formula is C13H18Si. The third kappa shape index (κ3) is 3.44. The van der Waals surface area contributed by atoms with Crippen molar-refractivity contribution in [3.05, 3.63) is 11.1 Å². The quantitative estimate of drug-likeness (QED) is 0.417. The summed E-state index contributed by atoms with van der Waals surface area (Å²) >= 11 is 0. The third-order valence-electron chi connectivity index (χ3n) is 2.08. The summed E-state index contributed by atoms with van der Waals surface area (Å²) in [7, 11) is -1.22. The smallest absolute Gasteiger partial charge is 0.127 e. The van der Waals surface area contributed by atoms with Crippen molar-refractivity contribution >= 4 is 8.07 Å². The van der Waals surface area contributed by atoms with Crippen LogP contribution in [0.1, 0.15) is 26.2 Å². The lowest BCUT2D eigenvalue weighted by Crippen LogP contribution is -2.16. The normalized spacial score (nSPS) is 15.7. The van der Waals surface area contributed by atoms with E-state index in [-0.39, 0.29) is 0 Å². The van der Waals surface area contributed by atoms with E-state index in [4.69, 9.17) is 0 Å². The van der Waals surface area contributed by atoms with Crippen molar-refractivity contribution in [3.63, 3.8) is 0 Å². The van der Waals surface area contributed by atoms with Gasteiger partial charge < -0.3 is 0 Å². The Labute approximate surface area is 88.8 Å². The van der Waals surface area contributed by atoms with Crippen LogP contribution in [-0.4, -0.2) is 8.07 Å². The van der Waals surface area contributed by atoms with Gasteiger partial charge in [-0.15, -0.1) is 11.5 Å². The van der Waals surface area contributed by atoms with Crippen LogP contribution < -0.4 is 0 Å². The van der Waals surface area contributed by atoms with Crippen LogP contribution in [0.15, 0.2) is 11.1 Å². The molecule has 1 heteroatoms. The fraction of sp³-hybridized carbons (Fsp3) is 0.538. The second-order valence-electron chi connectivity index (χ2n) is 4.69. The second-order valence-corrected chi connectivity index (χ2v) is 9.44. The van der Waals surface area contributed by atoms with Crippen LogP contribution >= 0.6 is 0 Å². The SMILES string of the molecule is CC#CC1=C(C#C[Si](C)(C)C)CCC1. The number of allylic oxidation sites excluding steroid dienone is 2. The third-order valence-corrected chi connectivity index (χ3v) is 2.96. The summed E-state index contributed by atoms with van der Waals surface area (Å²) in [6, 6.07) is 0. The molecule has 0 amide bonds. The summed E-state index contributed by atoms with van der Waals surface area (Å²) in [5.74, 6) is 9.49. The highest BCUT2D eigenvalue weighted by Crippen LogP contribution is 2.24. The van der Waals surface area contributed by atoms with E-state index in [9.17, 15) is 0 Å². The van der Waals surface area contributed by atoms with Crippen molar-refractivity contribution in [2.45, 2.75) is 45.8 Å². The highest BCUT2D eigenvalue weighted by Gasteiger charge is 2.12. The predicted octanol–water partition coefficient (Wildman–Crippen LogP) is 3.37. The van der Waals surface area contributed by atoms with Crippen LogP contribution in [0.3, 0.4) is 0 Å². The Balaban J connectivity index is 2.88. The first kappa shape index (κ1) is 11.2. The fourth-order valence-electron chi connectivity index (χ4n) is 1.43. The van der Waals surface area contributed by atoms with Crippen molar-refractivity contribution in [2.75, 3.05) is 0 Å². The van der Waals surface area contributed by atoms with Gasteiger partial charge in [-0.05, 0) is 26.2 Å². The van der Waals surface area contributed by atoms with Gasteiger partial charge in [-0.2, -0.15) is 0 Å². The van der Waals surface area contributed by atoms with Crippen molar-refractivity contribution < 1.29 is 0 Å². The van der Waals surface area contributed by atoms with E-state index in [2.05, 4.69) is 42.9 Å². The zero-order valence-corrected chi connectivity index (χ0v) is 10.6. The van der Waals surface area contributed by atoms with Gasteiger partial charge in [-0.25, -0.2) is 0 Å². The van der Waals surface area contributed by atoms with Crippen molar-refractivity contribution in [1.82, 2.24) is 0 Å². The summed E-state index contributed by atoms with van der Waals surface area (Å²) < 4.78 is 0. The molecule has 14 heavy (non-hydrogen) atoms. The molecule has 0 bridgehead atoms. The van der Waals surface area contributed by atoms with Gasteiger partial charge >= 0.3 is 0 Å². The van der Waals surface area contributed by atoms with Crippen molar-refractivity contribution in [3.8, 4) is 23.3 Å². The highest BCUT2D eigenvalue weighted by molar-refractivity contribution is 6.83. The first-order chi connectivity index (χ1) is 6.53. The van der Waals surface area contributed by atoms with Crippen molar-refractivity contribution in [2.24, 2.45) is 0 Å². The minimum absolute atomic E-state index is 1.14. The monoisotopic (exact) mass is 202 g/mol. The molecule has 74 valence electrons. The summed E-state index contributed by atoms with van der Waals surface area (Å²) in [4.78, 5) is 0. The standard InChI is InChI=1S/C13H18Si/c1-5-7-12-8-6-9-13(12)10-11-14(2,3)4/h6,8-9H2,1-4H3. The van der Waals surface area contributed by atoms with Crippen LogP contribution in [0.2, 0.25) is 19.6 Å². The Kier molecular flexibility index (Phi) is 3.61. The van der Waals surface area contributed by atoms with Gasteiger partial charge in [0.2, 0.25) is 0 Å². The molecule has 0 unspecified atom stereocenters. The lowest BCUT2D eigenvalue weighted by atomic mass is 10.2. The van der Waals surface area contributed by atoms with E-state index in [1.54, 1.807) is 0 Å². The molecular weight excluding hydrogens is 184 g/mol. The number of hydrogen-bond donors (Lipinski definition) is 0. The van der Waals surface area contributed by atoms with Crippen LogP contribution in [0.25, 0.3) is 0 Å². The van der Waals surface area contributed by atoms with Crippen LogP contribution in [0.4, 0.5) is 0 Å². The molecule has 0 heterocycles. The molecule has 0 aromatic carbocycles. The molecule has 0 N–H and O–H groups in total. The van der Waals surface area contributed by atoms with Crippen LogP contribution in [0.5, 0.6) is 0 Å². The van der Waals surface area contributed by atoms with E-state index in [0.717, 1.165) is 12.8 Å². The zero-order valence-electron chi connectivity index (χ0n) is 9.62. The molecule has 1 aliphatic rings. The van der Waals surface area contributed by atoms with Gasteiger partial charge in [0, 0.05) is 11.1 Å². The maximum atomic E-state index is 3.42. The zero-order chi connectivity index (χ0) is 10.6. The molecule has 0 fully saturated rings. The Morgan fingerprint density at radius 3 is 2.07 bits per heavy atom. The average molecular weight is 202 g/mol. The number of hydrogen-bond acceptors (Lipinski definition) is 0. The fourth-order valence-corrected chi connectivity index (χ4v) is 1.96. The summed E-state index contributed by atoms with van der Waals surface area (Å²) in [5.41, 5.74) is 6.01. The summed E-state index contributed by atoms with van der Waals surface area (Å²) in [6.45, 7) is 8.73. The maximum Gasteiger partial charge on any atom is 0.129 e. The topological polar surface area (TPSA) is 0 Å². The van der Waals surface area contributed by atoms with Gasteiger partial charge in [-0.1, -0.05) is 31.5 Å². The Morgan fingerprint density at radius 1 is 1.00 bits per heavy atom. The van der Waals surface area contributed by atoms with E-state index >= 15 is 0 Å². The molecule has 0 radical (unpaired) electrons. The molecule has 0 aliphatic heterocycles. The molecule has 1 rings (SSSR count). The number of rotatable bonds is 0. The molecule has 0 saturated carbocycles. The van der Waals surface area contributed by atoms with Gasteiger partial charge in [-0.3, -0.25) is 0 Å². The summed E-state index contributed by atoms with van der Waals surface area (Å²) in [5, 5.41) is 0. The largest absolute Gasteiger partial charge is 0.129 e. The van der Waals surface area contributed by atoms with E-state index in [1.165, 1.54) is 17.6 Å². The lowest BCUT2D eigenvalue weighted by molar-refractivity contribution is 0.910. The Morgan fingerprint density at radius 2 is 1.57 bits per heavy atom. The molecule has 0 spiro atoms. The summed E-state index contributed by atoms with van der Waals surface area (Å²) in [6.07, 6.45) is 3.51. The Hall–Kier alpha value is -0.923. The molecule has 0 atom stereocenters. The van der Waals surface area contributed by atoms with Crippen LogP contribution in [-0.2, 0) is 0 Å². The second kappa shape index (κ2) is 4.53. The van der Waals surface area contributed by atoms with E-state index < -0.39 is 8.07 Å². The van der Waals surface area contributed by atoms with Gasteiger partial charge in [0.1, 0.15) is 8.07 Å². The minimum atomic E-state index is -1.22.